The molecule has 0 aliphatic heterocycles. The monoisotopic (exact) mass is 496 g/mol. The second-order valence-corrected chi connectivity index (χ2v) is 8.23. The van der Waals surface area contributed by atoms with E-state index < -0.39 is 17.9 Å². The molecule has 0 bridgehead atoms. The average Bonchev–Trinajstić information content (AvgIpc) is 2.79. The summed E-state index contributed by atoms with van der Waals surface area (Å²) in [6.45, 7) is 5.19. The Hall–Kier alpha value is -3.32. The quantitative estimate of drug-likeness (QED) is 0.463. The van der Waals surface area contributed by atoms with Gasteiger partial charge in [-0.25, -0.2) is 0 Å². The maximum absolute atomic E-state index is 12.4. The minimum absolute atomic E-state index is 0.246. The number of rotatable bonds is 7. The van der Waals surface area contributed by atoms with Crippen LogP contribution < -0.4 is 20.3 Å². The maximum Gasteiger partial charge on any atom is 0.279 e. The summed E-state index contributed by atoms with van der Waals surface area (Å²) in [7, 11) is 0. The molecule has 3 rings (SSSR count). The SMILES string of the molecule is Cc1cc(Br)cc(C)c1OC(C)C(=O)NNC(=O)COc1ccccc1-c1ccccc1. The van der Waals surface area contributed by atoms with E-state index in [1.54, 1.807) is 13.0 Å². The van der Waals surface area contributed by atoms with Crippen molar-refractivity contribution in [1.82, 2.24) is 10.9 Å². The number of carbonyl (C=O) groups is 2. The van der Waals surface area contributed by atoms with Gasteiger partial charge < -0.3 is 9.47 Å². The highest BCUT2D eigenvalue weighted by Gasteiger charge is 2.18. The van der Waals surface area contributed by atoms with E-state index in [1.165, 1.54) is 0 Å². The summed E-state index contributed by atoms with van der Waals surface area (Å²) >= 11 is 3.44. The van der Waals surface area contributed by atoms with Gasteiger partial charge in [-0.05, 0) is 55.7 Å². The predicted octanol–water partition coefficient (Wildman–Crippen LogP) is 4.73. The second-order valence-electron chi connectivity index (χ2n) is 7.32. The van der Waals surface area contributed by atoms with Crippen LogP contribution in [0.3, 0.4) is 0 Å². The smallest absolute Gasteiger partial charge is 0.279 e. The van der Waals surface area contributed by atoms with E-state index in [-0.39, 0.29) is 6.61 Å². The molecule has 0 saturated heterocycles. The summed E-state index contributed by atoms with van der Waals surface area (Å²) < 4.78 is 12.4. The summed E-state index contributed by atoms with van der Waals surface area (Å²) in [5.74, 6) is 0.273. The molecule has 7 heteroatoms. The van der Waals surface area contributed by atoms with Gasteiger partial charge in [0.05, 0.1) is 0 Å². The van der Waals surface area contributed by atoms with Crippen molar-refractivity contribution in [2.45, 2.75) is 26.9 Å². The Labute approximate surface area is 196 Å². The van der Waals surface area contributed by atoms with Crippen molar-refractivity contribution in [2.24, 2.45) is 0 Å². The number of halogens is 1. The molecular formula is C25H25BrN2O4. The van der Waals surface area contributed by atoms with Crippen molar-refractivity contribution in [3.05, 3.63) is 82.3 Å². The minimum atomic E-state index is -0.798. The number of hydrogen-bond donors (Lipinski definition) is 2. The molecule has 0 fully saturated rings. The number of ether oxygens (including phenoxy) is 2. The molecule has 6 nitrogen and oxygen atoms in total. The molecule has 32 heavy (non-hydrogen) atoms. The lowest BCUT2D eigenvalue weighted by atomic mass is 10.1. The summed E-state index contributed by atoms with van der Waals surface area (Å²) in [6, 6.07) is 21.1. The second kappa shape index (κ2) is 10.8. The molecule has 1 unspecified atom stereocenters. The molecule has 3 aromatic carbocycles. The van der Waals surface area contributed by atoms with Gasteiger partial charge in [0, 0.05) is 10.0 Å². The molecule has 1 atom stereocenters. The van der Waals surface area contributed by atoms with Crippen LogP contribution in [-0.4, -0.2) is 24.5 Å². The van der Waals surface area contributed by atoms with Crippen molar-refractivity contribution in [3.63, 3.8) is 0 Å². The largest absolute Gasteiger partial charge is 0.483 e. The lowest BCUT2D eigenvalue weighted by Crippen LogP contribution is -2.48. The molecular weight excluding hydrogens is 472 g/mol. The molecule has 0 aliphatic carbocycles. The number of amides is 2. The third kappa shape index (κ3) is 6.11. The van der Waals surface area contributed by atoms with Crippen LogP contribution in [0.15, 0.2) is 71.2 Å². The fourth-order valence-corrected chi connectivity index (χ4v) is 3.86. The molecule has 166 valence electrons. The van der Waals surface area contributed by atoms with E-state index in [9.17, 15) is 9.59 Å². The fraction of sp³-hybridized carbons (Fsp3) is 0.200. The highest BCUT2D eigenvalue weighted by Crippen LogP contribution is 2.30. The standard InChI is InChI=1S/C25H25BrN2O4/c1-16-13-20(26)14-17(2)24(16)32-18(3)25(30)28-27-23(29)15-31-22-12-8-7-11-21(22)19-9-5-4-6-10-19/h4-14,18H,15H2,1-3H3,(H,27,29)(H,28,30). The van der Waals surface area contributed by atoms with Crippen molar-refractivity contribution in [3.8, 4) is 22.6 Å². The zero-order valence-corrected chi connectivity index (χ0v) is 19.7. The Morgan fingerprint density at radius 3 is 2.25 bits per heavy atom. The number of nitrogens with one attached hydrogen (secondary N) is 2. The summed E-state index contributed by atoms with van der Waals surface area (Å²) in [5, 5.41) is 0. The highest BCUT2D eigenvalue weighted by molar-refractivity contribution is 9.10. The first-order chi connectivity index (χ1) is 15.3. The normalized spacial score (nSPS) is 11.4. The van der Waals surface area contributed by atoms with Crippen LogP contribution in [0.2, 0.25) is 0 Å². The van der Waals surface area contributed by atoms with Gasteiger partial charge in [-0.15, -0.1) is 0 Å². The number of carbonyl (C=O) groups excluding carboxylic acids is 2. The third-order valence-corrected chi connectivity index (χ3v) is 5.20. The number of aryl methyl sites for hydroxylation is 2. The van der Waals surface area contributed by atoms with E-state index in [0.717, 1.165) is 26.7 Å². The Morgan fingerprint density at radius 1 is 0.938 bits per heavy atom. The number of benzene rings is 3. The first-order valence-corrected chi connectivity index (χ1v) is 10.9. The average molecular weight is 497 g/mol. The molecule has 0 spiro atoms. The van der Waals surface area contributed by atoms with Crippen molar-refractivity contribution in [1.29, 1.82) is 0 Å². The number of hydrazine groups is 1. The van der Waals surface area contributed by atoms with E-state index in [2.05, 4.69) is 26.8 Å². The third-order valence-electron chi connectivity index (χ3n) is 4.74. The molecule has 3 aromatic rings. The predicted molar refractivity (Wildman–Crippen MR) is 127 cm³/mol. The fourth-order valence-electron chi connectivity index (χ4n) is 3.17. The summed E-state index contributed by atoms with van der Waals surface area (Å²) in [6.07, 6.45) is -0.798. The van der Waals surface area contributed by atoms with Crippen LogP contribution in [0.5, 0.6) is 11.5 Å². The van der Waals surface area contributed by atoms with Gasteiger partial charge in [0.1, 0.15) is 11.5 Å². The lowest BCUT2D eigenvalue weighted by molar-refractivity contribution is -0.133. The van der Waals surface area contributed by atoms with Crippen LogP contribution in [-0.2, 0) is 9.59 Å². The van der Waals surface area contributed by atoms with Crippen molar-refractivity contribution < 1.29 is 19.1 Å². The Kier molecular flexibility index (Phi) is 7.89. The first-order valence-electron chi connectivity index (χ1n) is 10.1. The van der Waals surface area contributed by atoms with Crippen LogP contribution in [0.1, 0.15) is 18.1 Å². The molecule has 0 aliphatic rings. The highest BCUT2D eigenvalue weighted by atomic mass is 79.9. The van der Waals surface area contributed by atoms with Crippen LogP contribution in [0.4, 0.5) is 0 Å². The topological polar surface area (TPSA) is 76.7 Å². The first kappa shape index (κ1) is 23.3. The van der Waals surface area contributed by atoms with E-state index in [1.807, 2.05) is 74.5 Å². The van der Waals surface area contributed by atoms with E-state index >= 15 is 0 Å². The van der Waals surface area contributed by atoms with Gasteiger partial charge in [-0.1, -0.05) is 64.5 Å². The molecule has 0 radical (unpaired) electrons. The van der Waals surface area contributed by atoms with Crippen LogP contribution in [0.25, 0.3) is 11.1 Å². The van der Waals surface area contributed by atoms with Gasteiger partial charge in [0.25, 0.3) is 11.8 Å². The van der Waals surface area contributed by atoms with E-state index in [0.29, 0.717) is 11.5 Å². The van der Waals surface area contributed by atoms with Crippen molar-refractivity contribution >= 4 is 27.7 Å². The summed E-state index contributed by atoms with van der Waals surface area (Å²) in [5.41, 5.74) is 8.43. The van der Waals surface area contributed by atoms with Crippen LogP contribution in [0, 0.1) is 13.8 Å². The zero-order valence-electron chi connectivity index (χ0n) is 18.1. The summed E-state index contributed by atoms with van der Waals surface area (Å²) in [4.78, 5) is 24.6. The van der Waals surface area contributed by atoms with Gasteiger partial charge in [-0.3, -0.25) is 20.4 Å². The molecule has 0 aromatic heterocycles. The van der Waals surface area contributed by atoms with Gasteiger partial charge in [0.2, 0.25) is 0 Å². The van der Waals surface area contributed by atoms with Gasteiger partial charge in [0.15, 0.2) is 12.7 Å². The Morgan fingerprint density at radius 2 is 1.56 bits per heavy atom. The zero-order chi connectivity index (χ0) is 23.1. The molecule has 2 N–H and O–H groups in total. The van der Waals surface area contributed by atoms with Gasteiger partial charge >= 0.3 is 0 Å². The number of para-hydroxylation sites is 1. The lowest BCUT2D eigenvalue weighted by Gasteiger charge is -2.18. The molecule has 0 heterocycles. The maximum atomic E-state index is 12.4. The Bertz CT molecular complexity index is 1080. The minimum Gasteiger partial charge on any atom is -0.483 e. The van der Waals surface area contributed by atoms with Gasteiger partial charge in [-0.2, -0.15) is 0 Å². The Balaban J connectivity index is 1.52. The number of hydrogen-bond acceptors (Lipinski definition) is 4. The van der Waals surface area contributed by atoms with Crippen LogP contribution >= 0.6 is 15.9 Å². The molecule has 0 saturated carbocycles. The van der Waals surface area contributed by atoms with E-state index in [4.69, 9.17) is 9.47 Å². The molecule has 2 amide bonds. The van der Waals surface area contributed by atoms with Crippen molar-refractivity contribution in [2.75, 3.05) is 6.61 Å².